The van der Waals surface area contributed by atoms with Gasteiger partial charge in [0, 0.05) is 0 Å². The van der Waals surface area contributed by atoms with Gasteiger partial charge in [0.05, 0.1) is 5.41 Å². The van der Waals surface area contributed by atoms with Crippen molar-refractivity contribution in [2.45, 2.75) is 33.1 Å². The van der Waals surface area contributed by atoms with Gasteiger partial charge in [-0.15, -0.1) is 0 Å². The molecule has 0 atom stereocenters. The van der Waals surface area contributed by atoms with Crippen LogP contribution >= 0.6 is 7.82 Å². The third-order valence-corrected chi connectivity index (χ3v) is 2.83. The molecule has 0 fully saturated rings. The maximum atomic E-state index is 12.0. The number of hydrogen-bond donors (Lipinski definition) is 0. The van der Waals surface area contributed by atoms with Crippen molar-refractivity contribution in [3.05, 3.63) is 0 Å². The Kier molecular flexibility index (Phi) is 5.88. The molecule has 0 heterocycles. The minimum absolute atomic E-state index is 1.08. The molecular formula is C9H9F6O7P. The summed E-state index contributed by atoms with van der Waals surface area (Å²) < 4.78 is 93.8. The lowest BCUT2D eigenvalue weighted by molar-refractivity contribution is -0.198. The van der Waals surface area contributed by atoms with Crippen molar-refractivity contribution in [2.75, 3.05) is 0 Å². The summed E-state index contributed by atoms with van der Waals surface area (Å²) in [5, 5.41) is 0. The van der Waals surface area contributed by atoms with E-state index < -0.39 is 43.5 Å². The van der Waals surface area contributed by atoms with Gasteiger partial charge < -0.3 is 13.6 Å². The van der Waals surface area contributed by atoms with Gasteiger partial charge in [0.1, 0.15) is 0 Å². The van der Waals surface area contributed by atoms with Gasteiger partial charge in [0.2, 0.25) is 0 Å². The first-order valence-corrected chi connectivity index (χ1v) is 6.80. The van der Waals surface area contributed by atoms with Crippen molar-refractivity contribution in [3.63, 3.8) is 0 Å². The molecule has 0 aromatic rings. The van der Waals surface area contributed by atoms with Crippen LogP contribution in [0.2, 0.25) is 0 Å². The molecule has 0 amide bonds. The highest BCUT2D eigenvalue weighted by Crippen LogP contribution is 2.53. The van der Waals surface area contributed by atoms with E-state index in [1.807, 2.05) is 0 Å². The fraction of sp³-hybridized carbons (Fsp3) is 0.667. The molecule has 0 aliphatic heterocycles. The molecule has 0 aliphatic rings. The van der Waals surface area contributed by atoms with Crippen LogP contribution in [0.4, 0.5) is 26.3 Å². The third-order valence-electron chi connectivity index (χ3n) is 1.66. The third kappa shape index (κ3) is 6.89. The van der Waals surface area contributed by atoms with Gasteiger partial charge in [0.25, 0.3) is 0 Å². The number of rotatable bonds is 3. The number of halogens is 6. The molecule has 0 saturated carbocycles. The number of carbonyl (C=O) groups excluding carboxylic acids is 3. The van der Waals surface area contributed by atoms with Crippen molar-refractivity contribution >= 4 is 25.7 Å². The summed E-state index contributed by atoms with van der Waals surface area (Å²) in [6.07, 6.45) is -11.6. The largest absolute Gasteiger partial charge is 0.654 e. The van der Waals surface area contributed by atoms with E-state index in [-0.39, 0.29) is 0 Å². The summed E-state index contributed by atoms with van der Waals surface area (Å²) in [4.78, 5) is 32.5. The highest BCUT2D eigenvalue weighted by molar-refractivity contribution is 7.50. The first kappa shape index (κ1) is 21.2. The molecule has 0 unspecified atom stereocenters. The molecule has 14 heteroatoms. The average Bonchev–Trinajstić information content (AvgIpc) is 2.23. The van der Waals surface area contributed by atoms with Gasteiger partial charge in [0.15, 0.2) is 0 Å². The predicted octanol–water partition coefficient (Wildman–Crippen LogP) is 2.89. The second-order valence-electron chi connectivity index (χ2n) is 4.83. The summed E-state index contributed by atoms with van der Waals surface area (Å²) >= 11 is 0. The van der Waals surface area contributed by atoms with Crippen LogP contribution in [-0.2, 0) is 32.5 Å². The van der Waals surface area contributed by atoms with Crippen LogP contribution in [0.1, 0.15) is 20.8 Å². The number of phosphoric ester groups is 1. The van der Waals surface area contributed by atoms with Crippen LogP contribution in [-0.4, -0.2) is 30.3 Å². The zero-order valence-electron chi connectivity index (χ0n) is 11.6. The molecule has 134 valence electrons. The Bertz CT molecular complexity index is 468. The molecular weight excluding hydrogens is 365 g/mol. The zero-order chi connectivity index (χ0) is 18.9. The fourth-order valence-electron chi connectivity index (χ4n) is 0.601. The van der Waals surface area contributed by atoms with Gasteiger partial charge in [-0.3, -0.25) is 4.79 Å². The molecule has 0 radical (unpaired) electrons. The standard InChI is InChI=1S/C9H9F6O7P/c1-7(2,3)4(16)20-23(19,21-5(17)8(10,11)12)22-6(18)9(13,14)15/h1-3H3. The minimum Gasteiger partial charge on any atom is -0.351 e. The summed E-state index contributed by atoms with van der Waals surface area (Å²) in [5.74, 6) is -8.21. The first-order chi connectivity index (χ1) is 9.88. The maximum Gasteiger partial charge on any atom is 0.654 e. The molecule has 0 aliphatic carbocycles. The molecule has 0 rings (SSSR count). The second-order valence-corrected chi connectivity index (χ2v) is 6.27. The maximum absolute atomic E-state index is 12.0. The van der Waals surface area contributed by atoms with E-state index in [9.17, 15) is 45.3 Å². The summed E-state index contributed by atoms with van der Waals surface area (Å²) in [6.45, 7) is 3.24. The van der Waals surface area contributed by atoms with E-state index in [4.69, 9.17) is 0 Å². The molecule has 0 aromatic heterocycles. The fourth-order valence-corrected chi connectivity index (χ4v) is 1.80. The highest BCUT2D eigenvalue weighted by Gasteiger charge is 2.54. The first-order valence-electron chi connectivity index (χ1n) is 5.34. The average molecular weight is 374 g/mol. The molecule has 7 nitrogen and oxygen atoms in total. The normalized spacial score (nSPS) is 13.3. The SMILES string of the molecule is CC(C)(C)C(=O)OP(=O)(OC(=O)C(F)(F)F)OC(=O)C(F)(F)F. The van der Waals surface area contributed by atoms with Crippen LogP contribution in [0.15, 0.2) is 0 Å². The number of hydrogen-bond acceptors (Lipinski definition) is 7. The summed E-state index contributed by atoms with van der Waals surface area (Å²) in [5.41, 5.74) is -1.58. The quantitative estimate of drug-likeness (QED) is 0.554. The Morgan fingerprint density at radius 3 is 1.17 bits per heavy atom. The van der Waals surface area contributed by atoms with Gasteiger partial charge in [-0.25, -0.2) is 9.59 Å². The van der Waals surface area contributed by atoms with Crippen LogP contribution in [0.3, 0.4) is 0 Å². The Morgan fingerprint density at radius 1 is 0.696 bits per heavy atom. The van der Waals surface area contributed by atoms with Crippen molar-refractivity contribution in [3.8, 4) is 0 Å². The molecule has 0 aromatic carbocycles. The molecule has 0 N–H and O–H groups in total. The van der Waals surface area contributed by atoms with Gasteiger partial charge in [-0.05, 0) is 20.8 Å². The van der Waals surface area contributed by atoms with E-state index in [1.165, 1.54) is 0 Å². The van der Waals surface area contributed by atoms with Crippen LogP contribution in [0.5, 0.6) is 0 Å². The van der Waals surface area contributed by atoms with E-state index in [2.05, 4.69) is 13.6 Å². The smallest absolute Gasteiger partial charge is 0.351 e. The predicted molar refractivity (Wildman–Crippen MR) is 57.4 cm³/mol. The van der Waals surface area contributed by atoms with E-state index in [0.717, 1.165) is 20.8 Å². The number of phosphoric acid groups is 1. The summed E-state index contributed by atoms with van der Waals surface area (Å²) in [6, 6.07) is 0. The Morgan fingerprint density at radius 2 is 0.957 bits per heavy atom. The van der Waals surface area contributed by atoms with Gasteiger partial charge >= 0.3 is 38.1 Å². The highest BCUT2D eigenvalue weighted by atomic mass is 31.2. The Labute approximate surface area is 124 Å². The topological polar surface area (TPSA) is 96.0 Å². The van der Waals surface area contributed by atoms with Crippen molar-refractivity contribution < 1.29 is 58.9 Å². The van der Waals surface area contributed by atoms with Crippen LogP contribution < -0.4 is 0 Å². The molecule has 0 spiro atoms. The van der Waals surface area contributed by atoms with Crippen LogP contribution in [0, 0.1) is 5.41 Å². The minimum atomic E-state index is -6.17. The Balaban J connectivity index is 5.54. The van der Waals surface area contributed by atoms with Gasteiger partial charge in [-0.2, -0.15) is 30.9 Å². The summed E-state index contributed by atoms with van der Waals surface area (Å²) in [7, 11) is -6.17. The lowest BCUT2D eigenvalue weighted by atomic mass is 9.98. The van der Waals surface area contributed by atoms with Gasteiger partial charge in [-0.1, -0.05) is 0 Å². The monoisotopic (exact) mass is 374 g/mol. The zero-order valence-corrected chi connectivity index (χ0v) is 12.5. The lowest BCUT2D eigenvalue weighted by Gasteiger charge is -2.21. The van der Waals surface area contributed by atoms with E-state index >= 15 is 0 Å². The lowest BCUT2D eigenvalue weighted by Crippen LogP contribution is -2.31. The number of alkyl halides is 6. The number of carbonyl (C=O) groups is 3. The van der Waals surface area contributed by atoms with Crippen LogP contribution in [0.25, 0.3) is 0 Å². The van der Waals surface area contributed by atoms with E-state index in [1.54, 1.807) is 0 Å². The molecule has 23 heavy (non-hydrogen) atoms. The van der Waals surface area contributed by atoms with Crippen molar-refractivity contribution in [1.82, 2.24) is 0 Å². The second kappa shape index (κ2) is 6.38. The van der Waals surface area contributed by atoms with E-state index in [0.29, 0.717) is 0 Å². The molecule has 0 bridgehead atoms. The van der Waals surface area contributed by atoms with Crippen molar-refractivity contribution in [2.24, 2.45) is 5.41 Å². The molecule has 0 saturated heterocycles. The van der Waals surface area contributed by atoms with Crippen molar-refractivity contribution in [1.29, 1.82) is 0 Å². The Hall–Kier alpha value is -1.78.